The molecule has 0 bridgehead atoms. The van der Waals surface area contributed by atoms with Crippen molar-refractivity contribution in [1.29, 1.82) is 0 Å². The maximum absolute atomic E-state index is 11.0. The standard InChI is InChI=1S/C13H19NO8S2/c1-23(17,18)21-9-7-14(8-10-22-24(2,19)20)12-5-3-11(4-6-12)13(15)16/h3-6H,7-10H2,1-2H3,(H,15,16). The second-order valence-electron chi connectivity index (χ2n) is 4.89. The lowest BCUT2D eigenvalue weighted by atomic mass is 10.2. The molecule has 1 aromatic carbocycles. The second-order valence-corrected chi connectivity index (χ2v) is 8.18. The quantitative estimate of drug-likeness (QED) is 0.563. The van der Waals surface area contributed by atoms with E-state index in [4.69, 9.17) is 5.11 Å². The van der Waals surface area contributed by atoms with Gasteiger partial charge in [-0.05, 0) is 24.3 Å². The lowest BCUT2D eigenvalue weighted by Crippen LogP contribution is -2.32. The van der Waals surface area contributed by atoms with Gasteiger partial charge >= 0.3 is 5.97 Å². The Bertz CT molecular complexity index is 718. The molecule has 0 aliphatic rings. The number of carboxylic acids is 1. The maximum atomic E-state index is 11.0. The van der Waals surface area contributed by atoms with E-state index in [9.17, 15) is 21.6 Å². The first-order chi connectivity index (χ1) is 11.0. The highest BCUT2D eigenvalue weighted by Gasteiger charge is 2.12. The zero-order valence-corrected chi connectivity index (χ0v) is 14.8. The molecule has 0 amide bonds. The smallest absolute Gasteiger partial charge is 0.335 e. The largest absolute Gasteiger partial charge is 0.478 e. The summed E-state index contributed by atoms with van der Waals surface area (Å²) >= 11 is 0. The predicted molar refractivity (Wildman–Crippen MR) is 87.2 cm³/mol. The molecule has 11 heteroatoms. The van der Waals surface area contributed by atoms with Gasteiger partial charge in [0.2, 0.25) is 0 Å². The van der Waals surface area contributed by atoms with E-state index in [0.29, 0.717) is 5.69 Å². The van der Waals surface area contributed by atoms with Crippen molar-refractivity contribution in [3.63, 3.8) is 0 Å². The summed E-state index contributed by atoms with van der Waals surface area (Å²) in [7, 11) is -7.19. The van der Waals surface area contributed by atoms with Crippen LogP contribution in [0.15, 0.2) is 24.3 Å². The number of anilines is 1. The lowest BCUT2D eigenvalue weighted by Gasteiger charge is -2.24. The molecule has 136 valence electrons. The average molecular weight is 381 g/mol. The van der Waals surface area contributed by atoms with Crippen LogP contribution in [0.5, 0.6) is 0 Å². The van der Waals surface area contributed by atoms with Crippen molar-refractivity contribution >= 4 is 31.9 Å². The summed E-state index contributed by atoms with van der Waals surface area (Å²) in [6, 6.07) is 5.84. The van der Waals surface area contributed by atoms with Crippen LogP contribution in [0.25, 0.3) is 0 Å². The number of carboxylic acid groups (broad SMARTS) is 1. The Labute approximate surface area is 141 Å². The van der Waals surface area contributed by atoms with Gasteiger partial charge in [-0.3, -0.25) is 8.37 Å². The Morgan fingerprint density at radius 1 is 0.958 bits per heavy atom. The molecule has 1 rings (SSSR count). The minimum Gasteiger partial charge on any atom is -0.478 e. The highest BCUT2D eigenvalue weighted by atomic mass is 32.2. The van der Waals surface area contributed by atoms with E-state index in [1.54, 1.807) is 4.90 Å². The van der Waals surface area contributed by atoms with Crippen LogP contribution in [0.1, 0.15) is 10.4 Å². The average Bonchev–Trinajstić information content (AvgIpc) is 2.43. The first-order valence-electron chi connectivity index (χ1n) is 6.75. The molecule has 1 N–H and O–H groups in total. The molecule has 0 heterocycles. The SMILES string of the molecule is CS(=O)(=O)OCCN(CCOS(C)(=O)=O)c1ccc(C(=O)O)cc1. The summed E-state index contributed by atoms with van der Waals surface area (Å²) in [5, 5.41) is 8.89. The highest BCUT2D eigenvalue weighted by molar-refractivity contribution is 7.86. The van der Waals surface area contributed by atoms with Crippen molar-refractivity contribution in [2.75, 3.05) is 43.7 Å². The van der Waals surface area contributed by atoms with E-state index in [2.05, 4.69) is 8.37 Å². The summed E-state index contributed by atoms with van der Waals surface area (Å²) in [6.07, 6.45) is 1.84. The van der Waals surface area contributed by atoms with Gasteiger partial charge in [0.15, 0.2) is 0 Å². The fourth-order valence-corrected chi connectivity index (χ4v) is 2.54. The number of rotatable bonds is 10. The van der Waals surface area contributed by atoms with Crippen LogP contribution in [0.4, 0.5) is 5.69 Å². The van der Waals surface area contributed by atoms with Crippen LogP contribution < -0.4 is 4.90 Å². The molecule has 9 nitrogen and oxygen atoms in total. The molecule has 0 aliphatic carbocycles. The van der Waals surface area contributed by atoms with Gasteiger partial charge in [-0.25, -0.2) is 4.79 Å². The molecule has 0 unspecified atom stereocenters. The number of hydrogen-bond donors (Lipinski definition) is 1. The molecule has 0 spiro atoms. The minimum absolute atomic E-state index is 0.0958. The Kier molecular flexibility index (Phi) is 7.14. The topological polar surface area (TPSA) is 127 Å². The fraction of sp³-hybridized carbons (Fsp3) is 0.462. The van der Waals surface area contributed by atoms with E-state index in [1.807, 2.05) is 0 Å². The summed E-state index contributed by atoms with van der Waals surface area (Å²) in [5.74, 6) is -1.08. The van der Waals surface area contributed by atoms with Crippen LogP contribution in [-0.4, -0.2) is 66.7 Å². The fourth-order valence-electron chi connectivity index (χ4n) is 1.78. The number of carbonyl (C=O) groups is 1. The molecule has 0 saturated carbocycles. The van der Waals surface area contributed by atoms with Gasteiger partial charge in [0.1, 0.15) is 0 Å². The molecular weight excluding hydrogens is 362 g/mol. The molecule has 24 heavy (non-hydrogen) atoms. The van der Waals surface area contributed by atoms with Crippen LogP contribution in [-0.2, 0) is 28.6 Å². The Morgan fingerprint density at radius 3 is 1.71 bits per heavy atom. The van der Waals surface area contributed by atoms with Gasteiger partial charge in [0, 0.05) is 18.8 Å². The summed E-state index contributed by atoms with van der Waals surface area (Å²) in [5.41, 5.74) is 0.674. The Balaban J connectivity index is 2.80. The summed E-state index contributed by atoms with van der Waals surface area (Å²) in [6.45, 7) is 0.00992. The number of aromatic carboxylic acids is 1. The van der Waals surface area contributed by atoms with E-state index in [0.717, 1.165) is 12.5 Å². The predicted octanol–water partition coefficient (Wildman–Crippen LogP) is 0.144. The zero-order chi connectivity index (χ0) is 18.4. The summed E-state index contributed by atoms with van der Waals surface area (Å²) in [4.78, 5) is 12.5. The van der Waals surface area contributed by atoms with Crippen LogP contribution in [0.3, 0.4) is 0 Å². The normalized spacial score (nSPS) is 12.1. The van der Waals surface area contributed by atoms with E-state index < -0.39 is 26.2 Å². The molecule has 0 saturated heterocycles. The molecule has 1 aromatic rings. The first kappa shape index (κ1) is 20.4. The van der Waals surface area contributed by atoms with Crippen LogP contribution in [0.2, 0.25) is 0 Å². The van der Waals surface area contributed by atoms with Crippen molar-refractivity contribution in [2.24, 2.45) is 0 Å². The van der Waals surface area contributed by atoms with Crippen molar-refractivity contribution in [1.82, 2.24) is 0 Å². The maximum Gasteiger partial charge on any atom is 0.335 e. The van der Waals surface area contributed by atoms with Gasteiger partial charge in [0.05, 0.1) is 31.3 Å². The first-order valence-corrected chi connectivity index (χ1v) is 10.4. The van der Waals surface area contributed by atoms with Gasteiger partial charge < -0.3 is 10.0 Å². The second kappa shape index (κ2) is 8.42. The lowest BCUT2D eigenvalue weighted by molar-refractivity contribution is 0.0697. The van der Waals surface area contributed by atoms with Crippen LogP contribution in [0, 0.1) is 0 Å². The van der Waals surface area contributed by atoms with Gasteiger partial charge in [-0.2, -0.15) is 16.8 Å². The molecule has 0 fully saturated rings. The number of hydrogen-bond acceptors (Lipinski definition) is 8. The third-order valence-corrected chi connectivity index (χ3v) is 3.99. The monoisotopic (exact) mass is 381 g/mol. The molecular formula is C13H19NO8S2. The van der Waals surface area contributed by atoms with E-state index in [-0.39, 0.29) is 31.9 Å². The Hall–Kier alpha value is -1.69. The third kappa shape index (κ3) is 8.24. The van der Waals surface area contributed by atoms with Gasteiger partial charge in [-0.15, -0.1) is 0 Å². The summed E-state index contributed by atoms with van der Waals surface area (Å²) < 4.78 is 53.4. The molecule has 0 aliphatic heterocycles. The van der Waals surface area contributed by atoms with Gasteiger partial charge in [0.25, 0.3) is 20.2 Å². The molecule has 0 aromatic heterocycles. The van der Waals surface area contributed by atoms with E-state index >= 15 is 0 Å². The third-order valence-electron chi connectivity index (χ3n) is 2.80. The van der Waals surface area contributed by atoms with E-state index in [1.165, 1.54) is 24.3 Å². The van der Waals surface area contributed by atoms with Crippen LogP contribution >= 0.6 is 0 Å². The Morgan fingerprint density at radius 2 is 1.38 bits per heavy atom. The highest BCUT2D eigenvalue weighted by Crippen LogP contribution is 2.15. The van der Waals surface area contributed by atoms with Crippen molar-refractivity contribution < 1.29 is 35.1 Å². The van der Waals surface area contributed by atoms with Gasteiger partial charge in [-0.1, -0.05) is 0 Å². The number of benzene rings is 1. The zero-order valence-electron chi connectivity index (χ0n) is 13.2. The number of nitrogens with zero attached hydrogens (tertiary/aromatic N) is 1. The van der Waals surface area contributed by atoms with Crippen molar-refractivity contribution in [2.45, 2.75) is 0 Å². The van der Waals surface area contributed by atoms with Crippen molar-refractivity contribution in [3.8, 4) is 0 Å². The molecule has 0 radical (unpaired) electrons. The molecule has 0 atom stereocenters. The van der Waals surface area contributed by atoms with Crippen molar-refractivity contribution in [3.05, 3.63) is 29.8 Å². The minimum atomic E-state index is -3.60.